The van der Waals surface area contributed by atoms with E-state index in [9.17, 15) is 9.59 Å². The molecular formula is C10H13IO5. The van der Waals surface area contributed by atoms with Crippen LogP contribution in [0.5, 0.6) is 0 Å². The molecule has 0 radical (unpaired) electrons. The fourth-order valence-electron chi connectivity index (χ4n) is 1.24. The summed E-state index contributed by atoms with van der Waals surface area (Å²) in [6, 6.07) is 0. The lowest BCUT2D eigenvalue weighted by atomic mass is 10.2. The van der Waals surface area contributed by atoms with Gasteiger partial charge in [-0.2, -0.15) is 0 Å². The van der Waals surface area contributed by atoms with Crippen molar-refractivity contribution in [3.8, 4) is 0 Å². The van der Waals surface area contributed by atoms with Crippen molar-refractivity contribution in [3.63, 3.8) is 0 Å². The number of halogens is 1. The Bertz CT molecular complexity index is 302. The van der Waals surface area contributed by atoms with Gasteiger partial charge in [-0.1, -0.05) is 6.58 Å². The summed E-state index contributed by atoms with van der Waals surface area (Å²) in [4.78, 5) is 22.4. The predicted octanol–water partition coefficient (Wildman–Crippen LogP) is 1.20. The van der Waals surface area contributed by atoms with Crippen molar-refractivity contribution in [3.05, 3.63) is 10.2 Å². The Hall–Kier alpha value is -0.470. The van der Waals surface area contributed by atoms with Crippen molar-refractivity contribution in [2.45, 2.75) is 25.7 Å². The van der Waals surface area contributed by atoms with Crippen molar-refractivity contribution in [1.29, 1.82) is 0 Å². The minimum absolute atomic E-state index is 0.186. The maximum absolute atomic E-state index is 11.4. The van der Waals surface area contributed by atoms with Crippen molar-refractivity contribution >= 4 is 34.3 Å². The Morgan fingerprint density at radius 1 is 1.56 bits per heavy atom. The first-order chi connectivity index (χ1) is 7.49. The molecule has 0 spiro atoms. The molecule has 16 heavy (non-hydrogen) atoms. The van der Waals surface area contributed by atoms with Gasteiger partial charge in [0.1, 0.15) is 6.61 Å². The number of rotatable bonds is 5. The summed E-state index contributed by atoms with van der Waals surface area (Å²) in [5.74, 6) is -0.750. The van der Waals surface area contributed by atoms with Crippen LogP contribution in [0.4, 0.5) is 0 Å². The summed E-state index contributed by atoms with van der Waals surface area (Å²) >= 11 is 1.74. The molecule has 2 unspecified atom stereocenters. The second-order valence-corrected chi connectivity index (χ2v) is 4.69. The van der Waals surface area contributed by atoms with E-state index in [1.165, 1.54) is 0 Å². The third-order valence-corrected chi connectivity index (χ3v) is 2.38. The smallest absolute Gasteiger partial charge is 0.344 e. The van der Waals surface area contributed by atoms with Crippen LogP contribution in [0.25, 0.3) is 0 Å². The maximum Gasteiger partial charge on any atom is 0.344 e. The van der Waals surface area contributed by atoms with Gasteiger partial charge in [0.25, 0.3) is 0 Å². The van der Waals surface area contributed by atoms with Crippen molar-refractivity contribution in [1.82, 2.24) is 0 Å². The van der Waals surface area contributed by atoms with Crippen LogP contribution in [0, 0.1) is 0 Å². The molecule has 2 atom stereocenters. The second-order valence-electron chi connectivity index (χ2n) is 3.38. The topological polar surface area (TPSA) is 61.8 Å². The summed E-state index contributed by atoms with van der Waals surface area (Å²) in [5, 5.41) is 0. The van der Waals surface area contributed by atoms with Crippen molar-refractivity contribution in [2.75, 3.05) is 13.2 Å². The number of hydrogen-bond donors (Lipinski definition) is 0. The summed E-state index contributed by atoms with van der Waals surface area (Å²) in [6.07, 6.45) is -0.302. The number of ketones is 1. The fraction of sp³-hybridized carbons (Fsp3) is 0.600. The Labute approximate surface area is 107 Å². The molecule has 5 nitrogen and oxygen atoms in total. The molecule has 1 heterocycles. The van der Waals surface area contributed by atoms with E-state index in [2.05, 4.69) is 6.58 Å². The Kier molecular flexibility index (Phi) is 5.36. The molecule has 1 aliphatic rings. The van der Waals surface area contributed by atoms with Gasteiger partial charge in [-0.15, -0.1) is 0 Å². The molecule has 1 saturated heterocycles. The monoisotopic (exact) mass is 340 g/mol. The number of hydrogen-bond acceptors (Lipinski definition) is 5. The van der Waals surface area contributed by atoms with E-state index in [-0.39, 0.29) is 34.8 Å². The number of esters is 1. The molecule has 0 bridgehead atoms. The largest absolute Gasteiger partial charge is 0.454 e. The summed E-state index contributed by atoms with van der Waals surface area (Å²) in [5.41, 5.74) is 0. The van der Waals surface area contributed by atoms with Crippen LogP contribution in [0.2, 0.25) is 0 Å². The summed E-state index contributed by atoms with van der Waals surface area (Å²) in [7, 11) is 0. The van der Waals surface area contributed by atoms with E-state index < -0.39 is 5.97 Å². The lowest BCUT2D eigenvalue weighted by Crippen LogP contribution is -2.21. The predicted molar refractivity (Wildman–Crippen MR) is 64.0 cm³/mol. The SMILES string of the molecule is C=C(I)C(=O)OCC(=O)CC1COC(C)O1. The van der Waals surface area contributed by atoms with E-state index in [4.69, 9.17) is 14.2 Å². The first-order valence-corrected chi connectivity index (χ1v) is 5.87. The van der Waals surface area contributed by atoms with Crippen molar-refractivity contribution in [2.24, 2.45) is 0 Å². The average molecular weight is 340 g/mol. The van der Waals surface area contributed by atoms with Crippen molar-refractivity contribution < 1.29 is 23.8 Å². The molecule has 0 amide bonds. The molecule has 0 aromatic carbocycles. The highest BCUT2D eigenvalue weighted by molar-refractivity contribution is 14.1. The van der Waals surface area contributed by atoms with Crippen LogP contribution in [-0.2, 0) is 23.8 Å². The van der Waals surface area contributed by atoms with E-state index in [1.807, 2.05) is 0 Å². The highest BCUT2D eigenvalue weighted by Crippen LogP contribution is 2.14. The number of carbonyl (C=O) groups is 2. The second kappa shape index (κ2) is 6.31. The molecule has 6 heteroatoms. The lowest BCUT2D eigenvalue weighted by molar-refractivity contribution is -0.144. The zero-order valence-corrected chi connectivity index (χ0v) is 11.1. The van der Waals surface area contributed by atoms with Gasteiger partial charge in [0, 0.05) is 6.42 Å². The standard InChI is InChI=1S/C10H13IO5/c1-6(11)10(13)15-4-8(12)3-9-5-14-7(2)16-9/h7,9H,1,3-5H2,2H3. The molecule has 0 aliphatic carbocycles. The van der Waals surface area contributed by atoms with E-state index in [0.29, 0.717) is 6.61 Å². The molecule has 1 rings (SSSR count). The summed E-state index contributed by atoms with van der Waals surface area (Å²) < 4.78 is 15.4. The van der Waals surface area contributed by atoms with Gasteiger partial charge in [-0.05, 0) is 29.5 Å². The number of ether oxygens (including phenoxy) is 3. The Balaban J connectivity index is 2.21. The van der Waals surface area contributed by atoms with Gasteiger partial charge in [-0.25, -0.2) is 4.79 Å². The minimum Gasteiger partial charge on any atom is -0.454 e. The molecular weight excluding hydrogens is 327 g/mol. The molecule has 90 valence electrons. The van der Waals surface area contributed by atoms with Gasteiger partial charge in [0.05, 0.1) is 16.3 Å². The van der Waals surface area contributed by atoms with Crippen LogP contribution in [0.15, 0.2) is 10.2 Å². The highest BCUT2D eigenvalue weighted by Gasteiger charge is 2.25. The lowest BCUT2D eigenvalue weighted by Gasteiger charge is -2.07. The van der Waals surface area contributed by atoms with Crippen LogP contribution in [0.1, 0.15) is 13.3 Å². The molecule has 0 aromatic rings. The van der Waals surface area contributed by atoms with E-state index in [1.54, 1.807) is 29.5 Å². The molecule has 0 saturated carbocycles. The van der Waals surface area contributed by atoms with Gasteiger partial charge in [-0.3, -0.25) is 4.79 Å². The van der Waals surface area contributed by atoms with E-state index in [0.717, 1.165) is 0 Å². The molecule has 0 N–H and O–H groups in total. The quantitative estimate of drug-likeness (QED) is 0.428. The first-order valence-electron chi connectivity index (χ1n) is 4.79. The third-order valence-electron chi connectivity index (χ3n) is 1.94. The van der Waals surface area contributed by atoms with Crippen LogP contribution >= 0.6 is 22.6 Å². The first kappa shape index (κ1) is 13.6. The number of carbonyl (C=O) groups excluding carboxylic acids is 2. The van der Waals surface area contributed by atoms with Crippen LogP contribution < -0.4 is 0 Å². The maximum atomic E-state index is 11.4. The van der Waals surface area contributed by atoms with Crippen LogP contribution in [0.3, 0.4) is 0 Å². The highest BCUT2D eigenvalue weighted by atomic mass is 127. The summed E-state index contributed by atoms with van der Waals surface area (Å²) in [6.45, 7) is 5.33. The van der Waals surface area contributed by atoms with Gasteiger partial charge in [0.15, 0.2) is 12.1 Å². The zero-order valence-electron chi connectivity index (χ0n) is 8.90. The third kappa shape index (κ3) is 4.58. The van der Waals surface area contributed by atoms with Crippen LogP contribution in [-0.4, -0.2) is 37.4 Å². The van der Waals surface area contributed by atoms with Gasteiger partial charge >= 0.3 is 5.97 Å². The van der Waals surface area contributed by atoms with E-state index >= 15 is 0 Å². The molecule has 1 fully saturated rings. The zero-order chi connectivity index (χ0) is 12.1. The molecule has 0 aromatic heterocycles. The van der Waals surface area contributed by atoms with Gasteiger partial charge in [0.2, 0.25) is 0 Å². The number of Topliss-reactive ketones (excluding diaryl/α,β-unsaturated/α-hetero) is 1. The normalized spacial score (nSPS) is 24.1. The minimum atomic E-state index is -0.564. The Morgan fingerprint density at radius 3 is 2.75 bits per heavy atom. The van der Waals surface area contributed by atoms with Gasteiger partial charge < -0.3 is 14.2 Å². The fourth-order valence-corrected chi connectivity index (χ4v) is 1.39. The average Bonchev–Trinajstić information content (AvgIpc) is 2.60. The Morgan fingerprint density at radius 2 is 2.25 bits per heavy atom. The molecule has 1 aliphatic heterocycles.